The van der Waals surface area contributed by atoms with Crippen LogP contribution in [0.15, 0.2) is 22.8 Å². The molecule has 2 unspecified atom stereocenters. The number of furan rings is 1. The summed E-state index contributed by atoms with van der Waals surface area (Å²) >= 11 is 0. The van der Waals surface area contributed by atoms with E-state index in [2.05, 4.69) is 0 Å². The zero-order valence-corrected chi connectivity index (χ0v) is 10.3. The molecule has 5 heteroatoms. The topological polar surface area (TPSA) is 70.8 Å². The van der Waals surface area contributed by atoms with E-state index >= 15 is 0 Å². The highest BCUT2D eigenvalue weighted by Crippen LogP contribution is 2.26. The molecule has 1 aromatic rings. The third kappa shape index (κ3) is 2.39. The number of carbonyl (C=O) groups is 2. The van der Waals surface area contributed by atoms with Crippen molar-refractivity contribution in [3.05, 3.63) is 24.2 Å². The van der Waals surface area contributed by atoms with E-state index < -0.39 is 12.0 Å². The van der Waals surface area contributed by atoms with Crippen LogP contribution in [0.2, 0.25) is 0 Å². The molecule has 0 aliphatic carbocycles. The van der Waals surface area contributed by atoms with Gasteiger partial charge in [0.2, 0.25) is 0 Å². The molecular weight excluding hydrogens is 234 g/mol. The Balaban J connectivity index is 2.16. The highest BCUT2D eigenvalue weighted by atomic mass is 16.4. The Bertz CT molecular complexity index is 426. The predicted molar refractivity (Wildman–Crippen MR) is 64.2 cm³/mol. The van der Waals surface area contributed by atoms with Crippen LogP contribution in [0.5, 0.6) is 0 Å². The van der Waals surface area contributed by atoms with Crippen LogP contribution < -0.4 is 0 Å². The van der Waals surface area contributed by atoms with Gasteiger partial charge in [-0.05, 0) is 30.9 Å². The maximum absolute atomic E-state index is 12.1. The molecule has 18 heavy (non-hydrogen) atoms. The first-order valence-electron chi connectivity index (χ1n) is 6.20. The predicted octanol–water partition coefficient (Wildman–Crippen LogP) is 1.99. The Morgan fingerprint density at radius 2 is 2.33 bits per heavy atom. The molecule has 0 bridgehead atoms. The normalized spacial score (nSPS) is 23.9. The van der Waals surface area contributed by atoms with Crippen molar-refractivity contribution in [2.75, 3.05) is 6.54 Å². The number of nitrogens with zero attached hydrogens (tertiary/aromatic N) is 1. The minimum Gasteiger partial charge on any atom is -0.480 e. The fourth-order valence-electron chi connectivity index (χ4n) is 2.43. The van der Waals surface area contributed by atoms with Crippen LogP contribution in [-0.4, -0.2) is 34.5 Å². The second-order valence-corrected chi connectivity index (χ2v) is 4.63. The lowest BCUT2D eigenvalue weighted by Crippen LogP contribution is -2.50. The molecular formula is C13H17NO4. The highest BCUT2D eigenvalue weighted by Gasteiger charge is 2.36. The van der Waals surface area contributed by atoms with E-state index in [9.17, 15) is 14.7 Å². The summed E-state index contributed by atoms with van der Waals surface area (Å²) in [5.41, 5.74) is 0. The number of carbonyl (C=O) groups excluding carboxylic acids is 1. The second-order valence-electron chi connectivity index (χ2n) is 4.63. The summed E-state index contributed by atoms with van der Waals surface area (Å²) in [5.74, 6) is -0.682. The molecule has 0 radical (unpaired) electrons. The van der Waals surface area contributed by atoms with Gasteiger partial charge in [-0.15, -0.1) is 0 Å². The zero-order chi connectivity index (χ0) is 13.1. The van der Waals surface area contributed by atoms with Crippen molar-refractivity contribution >= 4 is 11.9 Å². The molecule has 1 saturated heterocycles. The number of likely N-dealkylation sites (tertiary alicyclic amines) is 1. The summed E-state index contributed by atoms with van der Waals surface area (Å²) in [6, 6.07) is 2.45. The van der Waals surface area contributed by atoms with Gasteiger partial charge in [0.1, 0.15) is 6.04 Å². The number of carboxylic acid groups (broad SMARTS) is 1. The number of rotatable bonds is 3. The summed E-state index contributed by atoms with van der Waals surface area (Å²) < 4.78 is 5.05. The smallest absolute Gasteiger partial charge is 0.326 e. The highest BCUT2D eigenvalue weighted by molar-refractivity contribution is 5.94. The molecule has 0 aromatic carbocycles. The van der Waals surface area contributed by atoms with Gasteiger partial charge in [0.05, 0.1) is 6.26 Å². The quantitative estimate of drug-likeness (QED) is 0.891. The largest absolute Gasteiger partial charge is 0.480 e. The van der Waals surface area contributed by atoms with Crippen LogP contribution in [0.4, 0.5) is 0 Å². The average molecular weight is 251 g/mol. The summed E-state index contributed by atoms with van der Waals surface area (Å²) in [6.45, 7) is 2.53. The Labute approximate surface area is 105 Å². The minimum absolute atomic E-state index is 0.205. The van der Waals surface area contributed by atoms with Gasteiger partial charge < -0.3 is 14.4 Å². The zero-order valence-electron chi connectivity index (χ0n) is 10.3. The first kappa shape index (κ1) is 12.7. The van der Waals surface area contributed by atoms with E-state index in [0.717, 1.165) is 12.8 Å². The summed E-state index contributed by atoms with van der Waals surface area (Å²) in [6.07, 6.45) is 3.75. The fourth-order valence-corrected chi connectivity index (χ4v) is 2.43. The summed E-state index contributed by atoms with van der Waals surface area (Å²) in [7, 11) is 0. The molecule has 0 saturated carbocycles. The van der Waals surface area contributed by atoms with Crippen LogP contribution in [-0.2, 0) is 4.79 Å². The van der Waals surface area contributed by atoms with Crippen molar-refractivity contribution in [3.63, 3.8) is 0 Å². The van der Waals surface area contributed by atoms with Gasteiger partial charge in [0.15, 0.2) is 5.76 Å². The molecule has 2 atom stereocenters. The van der Waals surface area contributed by atoms with Crippen molar-refractivity contribution in [1.82, 2.24) is 4.90 Å². The molecule has 1 aromatic heterocycles. The Kier molecular flexibility index (Phi) is 3.69. The molecule has 1 N–H and O–H groups in total. The molecule has 1 fully saturated rings. The third-order valence-corrected chi connectivity index (χ3v) is 3.57. The van der Waals surface area contributed by atoms with Crippen LogP contribution in [0.1, 0.15) is 36.7 Å². The summed E-state index contributed by atoms with van der Waals surface area (Å²) in [4.78, 5) is 24.8. The molecule has 5 nitrogen and oxygen atoms in total. The van der Waals surface area contributed by atoms with Gasteiger partial charge in [-0.1, -0.05) is 13.3 Å². The lowest BCUT2D eigenvalue weighted by atomic mass is 9.88. The first-order valence-corrected chi connectivity index (χ1v) is 6.20. The molecule has 98 valence electrons. The number of aliphatic carboxylic acids is 1. The van der Waals surface area contributed by atoms with Gasteiger partial charge >= 0.3 is 5.97 Å². The molecule has 0 spiro atoms. The van der Waals surface area contributed by atoms with Crippen LogP contribution in [0, 0.1) is 5.92 Å². The number of hydrogen-bond acceptors (Lipinski definition) is 3. The maximum atomic E-state index is 12.1. The molecule has 1 aliphatic rings. The van der Waals surface area contributed by atoms with E-state index in [1.165, 1.54) is 11.2 Å². The molecule has 2 heterocycles. The van der Waals surface area contributed by atoms with Crippen LogP contribution in [0.3, 0.4) is 0 Å². The number of piperidine rings is 1. The number of carboxylic acids is 1. The van der Waals surface area contributed by atoms with Gasteiger partial charge in [0.25, 0.3) is 5.91 Å². The monoisotopic (exact) mass is 251 g/mol. The van der Waals surface area contributed by atoms with Gasteiger partial charge in [-0.25, -0.2) is 4.79 Å². The summed E-state index contributed by atoms with van der Waals surface area (Å²) in [5, 5.41) is 9.24. The number of amides is 1. The standard InChI is InChI=1S/C13H17NO4/c1-2-9-5-6-14(10(8-9)13(16)17)12(15)11-4-3-7-18-11/h3-4,7,9-10H,2,5-6,8H2,1H3,(H,16,17). The molecule has 2 rings (SSSR count). The van der Waals surface area contributed by atoms with E-state index in [4.69, 9.17) is 4.42 Å². The number of hydrogen-bond donors (Lipinski definition) is 1. The van der Waals surface area contributed by atoms with Crippen molar-refractivity contribution in [1.29, 1.82) is 0 Å². The van der Waals surface area contributed by atoms with Crippen molar-refractivity contribution < 1.29 is 19.1 Å². The van der Waals surface area contributed by atoms with Crippen LogP contribution in [0.25, 0.3) is 0 Å². The van der Waals surface area contributed by atoms with E-state index in [1.807, 2.05) is 6.92 Å². The lowest BCUT2D eigenvalue weighted by molar-refractivity contribution is -0.144. The Morgan fingerprint density at radius 3 is 2.89 bits per heavy atom. The second kappa shape index (κ2) is 5.25. The van der Waals surface area contributed by atoms with E-state index in [1.54, 1.807) is 12.1 Å². The lowest BCUT2D eigenvalue weighted by Gasteiger charge is -2.36. The average Bonchev–Trinajstić information content (AvgIpc) is 2.91. The van der Waals surface area contributed by atoms with Gasteiger partial charge in [-0.3, -0.25) is 4.79 Å². The third-order valence-electron chi connectivity index (χ3n) is 3.57. The maximum Gasteiger partial charge on any atom is 0.326 e. The first-order chi connectivity index (χ1) is 8.63. The van der Waals surface area contributed by atoms with Gasteiger partial charge in [-0.2, -0.15) is 0 Å². The Hall–Kier alpha value is -1.78. The van der Waals surface area contributed by atoms with Gasteiger partial charge in [0, 0.05) is 6.54 Å². The van der Waals surface area contributed by atoms with E-state index in [0.29, 0.717) is 18.9 Å². The van der Waals surface area contributed by atoms with Crippen molar-refractivity contribution in [2.24, 2.45) is 5.92 Å². The van der Waals surface area contributed by atoms with Crippen molar-refractivity contribution in [3.8, 4) is 0 Å². The van der Waals surface area contributed by atoms with Crippen LogP contribution >= 0.6 is 0 Å². The Morgan fingerprint density at radius 1 is 1.56 bits per heavy atom. The molecule has 1 aliphatic heterocycles. The molecule has 1 amide bonds. The SMILES string of the molecule is CCC1CCN(C(=O)c2ccco2)C(C(=O)O)C1. The van der Waals surface area contributed by atoms with Crippen molar-refractivity contribution in [2.45, 2.75) is 32.2 Å². The fraction of sp³-hybridized carbons (Fsp3) is 0.538. The van der Waals surface area contributed by atoms with E-state index in [-0.39, 0.29) is 11.7 Å². The minimum atomic E-state index is -0.937.